The highest BCUT2D eigenvalue weighted by Crippen LogP contribution is 2.32. The summed E-state index contributed by atoms with van der Waals surface area (Å²) in [7, 11) is -2.15. The molecule has 1 N–H and O–H groups in total. The van der Waals surface area contributed by atoms with Crippen molar-refractivity contribution in [1.82, 2.24) is 0 Å². The molecule has 0 fully saturated rings. The monoisotopic (exact) mass is 367 g/mol. The maximum absolute atomic E-state index is 13.0. The van der Waals surface area contributed by atoms with Crippen molar-refractivity contribution in [3.63, 3.8) is 0 Å². The molecule has 26 heavy (non-hydrogen) atoms. The van der Waals surface area contributed by atoms with Crippen LogP contribution in [0.4, 0.5) is 5.69 Å². The molecular weight excluding hydrogens is 346 g/mol. The van der Waals surface area contributed by atoms with Crippen molar-refractivity contribution in [3.05, 3.63) is 77.9 Å². The first kappa shape index (κ1) is 18.0. The highest BCUT2D eigenvalue weighted by Gasteiger charge is 2.21. The Morgan fingerprint density at radius 2 is 1.46 bits per heavy atom. The van der Waals surface area contributed by atoms with Gasteiger partial charge in [0.15, 0.2) is 0 Å². The van der Waals surface area contributed by atoms with E-state index in [2.05, 4.69) is 4.72 Å². The number of hydrogen-bond acceptors (Lipinski definition) is 3. The molecule has 0 amide bonds. The molecule has 3 aromatic rings. The van der Waals surface area contributed by atoms with Crippen molar-refractivity contribution in [2.45, 2.75) is 18.7 Å². The molecule has 0 aliphatic heterocycles. The number of sulfonamides is 1. The summed E-state index contributed by atoms with van der Waals surface area (Å²) in [5.74, 6) is 0.672. The van der Waals surface area contributed by atoms with Gasteiger partial charge in [0, 0.05) is 5.56 Å². The standard InChI is InChI=1S/C21H21NO3S/c1-15-16(2)21(14-13-20(15)25-3)26(23,24)22-19-12-8-7-11-18(19)17-9-5-4-6-10-17/h4-14,22H,1-3H3. The van der Waals surface area contributed by atoms with E-state index in [4.69, 9.17) is 4.74 Å². The summed E-state index contributed by atoms with van der Waals surface area (Å²) in [6.07, 6.45) is 0. The van der Waals surface area contributed by atoms with Crippen LogP contribution in [0.1, 0.15) is 11.1 Å². The van der Waals surface area contributed by atoms with Gasteiger partial charge < -0.3 is 4.74 Å². The Labute approximate surface area is 154 Å². The molecule has 3 rings (SSSR count). The van der Waals surface area contributed by atoms with Gasteiger partial charge in [-0.15, -0.1) is 0 Å². The minimum absolute atomic E-state index is 0.249. The molecule has 4 nitrogen and oxygen atoms in total. The topological polar surface area (TPSA) is 55.4 Å². The van der Waals surface area contributed by atoms with Gasteiger partial charge in [-0.25, -0.2) is 8.42 Å². The van der Waals surface area contributed by atoms with Crippen molar-refractivity contribution in [1.29, 1.82) is 0 Å². The minimum Gasteiger partial charge on any atom is -0.496 e. The molecular formula is C21H21NO3S. The van der Waals surface area contributed by atoms with Crippen LogP contribution in [0.5, 0.6) is 5.75 Å². The van der Waals surface area contributed by atoms with Crippen molar-refractivity contribution in [2.75, 3.05) is 11.8 Å². The highest BCUT2D eigenvalue weighted by atomic mass is 32.2. The number of methoxy groups -OCH3 is 1. The van der Waals surface area contributed by atoms with Crippen LogP contribution in [0.25, 0.3) is 11.1 Å². The molecule has 0 radical (unpaired) electrons. The maximum atomic E-state index is 13.0. The molecule has 0 atom stereocenters. The zero-order chi connectivity index (χ0) is 18.7. The van der Waals surface area contributed by atoms with Gasteiger partial charge >= 0.3 is 0 Å². The number of benzene rings is 3. The van der Waals surface area contributed by atoms with E-state index >= 15 is 0 Å². The van der Waals surface area contributed by atoms with E-state index in [1.54, 1.807) is 32.2 Å². The van der Waals surface area contributed by atoms with Crippen LogP contribution >= 0.6 is 0 Å². The lowest BCUT2D eigenvalue weighted by Gasteiger charge is -2.16. The zero-order valence-electron chi connectivity index (χ0n) is 15.0. The van der Waals surface area contributed by atoms with E-state index in [0.29, 0.717) is 17.0 Å². The van der Waals surface area contributed by atoms with E-state index in [0.717, 1.165) is 16.7 Å². The summed E-state index contributed by atoms with van der Waals surface area (Å²) in [6, 6.07) is 20.3. The number of hydrogen-bond donors (Lipinski definition) is 1. The smallest absolute Gasteiger partial charge is 0.262 e. The molecule has 5 heteroatoms. The van der Waals surface area contributed by atoms with Crippen LogP contribution in [0.15, 0.2) is 71.6 Å². The number of anilines is 1. The number of para-hydroxylation sites is 1. The average molecular weight is 367 g/mol. The third kappa shape index (κ3) is 3.44. The lowest BCUT2D eigenvalue weighted by molar-refractivity contribution is 0.411. The first-order valence-electron chi connectivity index (χ1n) is 8.25. The lowest BCUT2D eigenvalue weighted by Crippen LogP contribution is -2.15. The SMILES string of the molecule is COc1ccc(S(=O)(=O)Nc2ccccc2-c2ccccc2)c(C)c1C. The van der Waals surface area contributed by atoms with Crippen molar-refractivity contribution >= 4 is 15.7 Å². The van der Waals surface area contributed by atoms with E-state index in [9.17, 15) is 8.42 Å². The van der Waals surface area contributed by atoms with E-state index in [1.165, 1.54) is 0 Å². The molecule has 0 bridgehead atoms. The van der Waals surface area contributed by atoms with E-state index in [-0.39, 0.29) is 4.90 Å². The molecule has 0 saturated carbocycles. The molecule has 0 unspecified atom stereocenters. The largest absolute Gasteiger partial charge is 0.496 e. The van der Waals surface area contributed by atoms with Gasteiger partial charge in [-0.3, -0.25) is 4.72 Å². The Kier molecular flexibility index (Phi) is 5.00. The minimum atomic E-state index is -3.73. The quantitative estimate of drug-likeness (QED) is 0.706. The molecule has 0 aliphatic rings. The van der Waals surface area contributed by atoms with Crippen LogP contribution < -0.4 is 9.46 Å². The van der Waals surface area contributed by atoms with Gasteiger partial charge in [-0.05, 0) is 48.7 Å². The predicted molar refractivity (Wildman–Crippen MR) is 105 cm³/mol. The van der Waals surface area contributed by atoms with Crippen LogP contribution in [0.2, 0.25) is 0 Å². The van der Waals surface area contributed by atoms with Crippen molar-refractivity contribution < 1.29 is 13.2 Å². The Morgan fingerprint density at radius 1 is 0.808 bits per heavy atom. The Balaban J connectivity index is 2.04. The Hall–Kier alpha value is -2.79. The summed E-state index contributed by atoms with van der Waals surface area (Å²) in [6.45, 7) is 3.64. The van der Waals surface area contributed by atoms with Gasteiger partial charge in [-0.2, -0.15) is 0 Å². The van der Waals surface area contributed by atoms with Crippen molar-refractivity contribution in [2.24, 2.45) is 0 Å². The normalized spacial score (nSPS) is 11.2. The molecule has 0 saturated heterocycles. The molecule has 0 aromatic heterocycles. The first-order valence-corrected chi connectivity index (χ1v) is 9.74. The van der Waals surface area contributed by atoms with E-state index in [1.807, 2.05) is 55.5 Å². The fraction of sp³-hybridized carbons (Fsp3) is 0.143. The number of nitrogens with one attached hydrogen (secondary N) is 1. The van der Waals surface area contributed by atoms with E-state index < -0.39 is 10.0 Å². The summed E-state index contributed by atoms with van der Waals surface area (Å²) < 4.78 is 34.0. The fourth-order valence-corrected chi connectivity index (χ4v) is 4.31. The molecule has 0 spiro atoms. The third-order valence-electron chi connectivity index (χ3n) is 4.45. The summed E-state index contributed by atoms with van der Waals surface area (Å²) >= 11 is 0. The number of ether oxygens (including phenoxy) is 1. The zero-order valence-corrected chi connectivity index (χ0v) is 15.8. The third-order valence-corrected chi connectivity index (χ3v) is 5.96. The van der Waals surface area contributed by atoms with Crippen LogP contribution in [-0.4, -0.2) is 15.5 Å². The van der Waals surface area contributed by atoms with Gasteiger partial charge in [0.05, 0.1) is 17.7 Å². The molecule has 0 aliphatic carbocycles. The molecule has 3 aromatic carbocycles. The predicted octanol–water partition coefficient (Wildman–Crippen LogP) is 4.78. The molecule has 134 valence electrons. The van der Waals surface area contributed by atoms with Gasteiger partial charge in [0.2, 0.25) is 0 Å². The van der Waals surface area contributed by atoms with Crippen molar-refractivity contribution in [3.8, 4) is 16.9 Å². The van der Waals surface area contributed by atoms with Gasteiger partial charge in [-0.1, -0.05) is 48.5 Å². The molecule has 0 heterocycles. The second-order valence-corrected chi connectivity index (χ2v) is 7.68. The average Bonchev–Trinajstić information content (AvgIpc) is 2.64. The van der Waals surface area contributed by atoms with Crippen LogP contribution in [0.3, 0.4) is 0 Å². The Morgan fingerprint density at radius 3 is 2.15 bits per heavy atom. The summed E-state index contributed by atoms with van der Waals surface area (Å²) in [5, 5.41) is 0. The Bertz CT molecular complexity index is 1030. The summed E-state index contributed by atoms with van der Waals surface area (Å²) in [5.41, 5.74) is 3.82. The maximum Gasteiger partial charge on any atom is 0.262 e. The van der Waals surface area contributed by atoms with Gasteiger partial charge in [0.1, 0.15) is 5.75 Å². The van der Waals surface area contributed by atoms with Crippen LogP contribution in [-0.2, 0) is 10.0 Å². The highest BCUT2D eigenvalue weighted by molar-refractivity contribution is 7.92. The summed E-state index contributed by atoms with van der Waals surface area (Å²) in [4.78, 5) is 0.249. The van der Waals surface area contributed by atoms with Gasteiger partial charge in [0.25, 0.3) is 10.0 Å². The number of rotatable bonds is 5. The first-order chi connectivity index (χ1) is 12.4. The second-order valence-electron chi connectivity index (χ2n) is 6.03. The van der Waals surface area contributed by atoms with Crippen LogP contribution in [0, 0.1) is 13.8 Å². The lowest BCUT2D eigenvalue weighted by atomic mass is 10.0. The fourth-order valence-electron chi connectivity index (χ4n) is 2.92. The second kappa shape index (κ2) is 7.22.